The van der Waals surface area contributed by atoms with Crippen LogP contribution in [0.2, 0.25) is 0 Å². The van der Waals surface area contributed by atoms with Crippen LogP contribution in [0.3, 0.4) is 0 Å². The Morgan fingerprint density at radius 1 is 1.17 bits per heavy atom. The summed E-state index contributed by atoms with van der Waals surface area (Å²) in [6, 6.07) is 8.65. The van der Waals surface area contributed by atoms with Gasteiger partial charge in [0.2, 0.25) is 5.91 Å². The topological polar surface area (TPSA) is 46.6 Å². The first-order valence-corrected chi connectivity index (χ1v) is 9.29. The number of halogens is 3. The number of hydrogen-bond acceptors (Lipinski definition) is 3. The number of ether oxygens (including phenoxy) is 1. The lowest BCUT2D eigenvalue weighted by Gasteiger charge is -2.34. The highest BCUT2D eigenvalue weighted by Crippen LogP contribution is 2.38. The first-order valence-electron chi connectivity index (χ1n) is 9.29. The van der Waals surface area contributed by atoms with Gasteiger partial charge in [0.25, 0.3) is 0 Å². The molecule has 0 aliphatic carbocycles. The molecule has 1 atom stereocenters. The molecular weight excluding hydrogens is 395 g/mol. The van der Waals surface area contributed by atoms with E-state index in [1.165, 1.54) is 29.2 Å². The highest BCUT2D eigenvalue weighted by molar-refractivity contribution is 5.95. The molecule has 1 aliphatic heterocycles. The van der Waals surface area contributed by atoms with E-state index in [0.29, 0.717) is 11.3 Å². The fourth-order valence-electron chi connectivity index (χ4n) is 3.57. The highest BCUT2D eigenvalue weighted by Gasteiger charge is 2.37. The molecule has 7 heteroatoms. The summed E-state index contributed by atoms with van der Waals surface area (Å²) in [5.74, 6) is -3.74. The smallest absolute Gasteiger partial charge is 0.336 e. The average molecular weight is 415 g/mol. The number of rotatable bonds is 6. The van der Waals surface area contributed by atoms with E-state index in [1.54, 1.807) is 13.0 Å². The Bertz CT molecular complexity index is 1010. The largest absolute Gasteiger partial charge is 0.458 e. The van der Waals surface area contributed by atoms with E-state index in [1.807, 2.05) is 0 Å². The van der Waals surface area contributed by atoms with E-state index in [2.05, 4.69) is 6.58 Å². The maximum absolute atomic E-state index is 13.8. The van der Waals surface area contributed by atoms with Gasteiger partial charge in [0.05, 0.1) is 12.1 Å². The van der Waals surface area contributed by atoms with Gasteiger partial charge in [0.1, 0.15) is 24.1 Å². The van der Waals surface area contributed by atoms with Crippen LogP contribution in [0.4, 0.5) is 13.2 Å². The van der Waals surface area contributed by atoms with Gasteiger partial charge in [-0.15, -0.1) is 0 Å². The molecule has 0 radical (unpaired) electrons. The van der Waals surface area contributed by atoms with Crippen molar-refractivity contribution in [2.45, 2.75) is 25.8 Å². The van der Waals surface area contributed by atoms with Crippen LogP contribution < -0.4 is 0 Å². The van der Waals surface area contributed by atoms with Gasteiger partial charge in [-0.3, -0.25) is 4.79 Å². The Kier molecular flexibility index (Phi) is 6.40. The van der Waals surface area contributed by atoms with E-state index >= 15 is 0 Å². The Labute approximate surface area is 172 Å². The van der Waals surface area contributed by atoms with Crippen molar-refractivity contribution in [1.29, 1.82) is 0 Å². The molecule has 3 rings (SSSR count). The molecule has 156 valence electrons. The zero-order valence-electron chi connectivity index (χ0n) is 16.3. The minimum Gasteiger partial charge on any atom is -0.458 e. The van der Waals surface area contributed by atoms with Gasteiger partial charge in [-0.25, -0.2) is 18.0 Å². The molecule has 2 aromatic carbocycles. The van der Waals surface area contributed by atoms with Crippen molar-refractivity contribution in [1.82, 2.24) is 4.90 Å². The summed E-state index contributed by atoms with van der Waals surface area (Å²) >= 11 is 0. The third-order valence-electron chi connectivity index (χ3n) is 4.89. The Morgan fingerprint density at radius 2 is 1.87 bits per heavy atom. The number of nitrogens with zero attached hydrogens (tertiary/aromatic N) is 1. The average Bonchev–Trinajstić information content (AvgIpc) is 2.68. The normalized spacial score (nSPS) is 16.6. The van der Waals surface area contributed by atoms with Gasteiger partial charge in [-0.1, -0.05) is 24.8 Å². The van der Waals surface area contributed by atoms with E-state index in [0.717, 1.165) is 18.2 Å². The van der Waals surface area contributed by atoms with E-state index in [-0.39, 0.29) is 36.6 Å². The standard InChI is InChI=1S/C23H20F3NO3/c1-3-7-30-23(29)22-14(2)27(13-15-8-18(25)11-19(26)9-15)21(28)12-20(22)16-5-4-6-17(24)10-16/h3-6,8-11,20H,1,7,12-13H2,2H3/t20-/m0/s1. The molecule has 30 heavy (non-hydrogen) atoms. The van der Waals surface area contributed by atoms with Gasteiger partial charge in [0, 0.05) is 24.1 Å². The van der Waals surface area contributed by atoms with Crippen LogP contribution in [-0.4, -0.2) is 23.4 Å². The summed E-state index contributed by atoms with van der Waals surface area (Å²) in [7, 11) is 0. The second kappa shape index (κ2) is 8.98. The second-order valence-electron chi connectivity index (χ2n) is 6.96. The van der Waals surface area contributed by atoms with Crippen LogP contribution >= 0.6 is 0 Å². The summed E-state index contributed by atoms with van der Waals surface area (Å²) < 4.78 is 46.1. The van der Waals surface area contributed by atoms with Crippen molar-refractivity contribution in [2.24, 2.45) is 0 Å². The lowest BCUT2D eigenvalue weighted by Crippen LogP contribution is -2.38. The number of carbonyl (C=O) groups is 2. The number of allylic oxidation sites excluding steroid dienone is 1. The molecule has 1 aliphatic rings. The van der Waals surface area contributed by atoms with Crippen molar-refractivity contribution in [2.75, 3.05) is 6.61 Å². The van der Waals surface area contributed by atoms with E-state index in [4.69, 9.17) is 4.74 Å². The number of hydrogen-bond donors (Lipinski definition) is 0. The minimum atomic E-state index is -0.764. The number of benzene rings is 2. The van der Waals surface area contributed by atoms with Gasteiger partial charge in [-0.05, 0) is 42.3 Å². The second-order valence-corrected chi connectivity index (χ2v) is 6.96. The molecule has 4 nitrogen and oxygen atoms in total. The number of esters is 1. The molecule has 0 spiro atoms. The fourth-order valence-corrected chi connectivity index (χ4v) is 3.57. The maximum Gasteiger partial charge on any atom is 0.336 e. The highest BCUT2D eigenvalue weighted by atomic mass is 19.1. The molecule has 0 saturated heterocycles. The maximum atomic E-state index is 13.8. The summed E-state index contributed by atoms with van der Waals surface area (Å²) in [5.41, 5.74) is 1.19. The molecule has 0 N–H and O–H groups in total. The quantitative estimate of drug-likeness (QED) is 0.511. The first-order chi connectivity index (χ1) is 14.3. The van der Waals surface area contributed by atoms with Gasteiger partial charge >= 0.3 is 5.97 Å². The van der Waals surface area contributed by atoms with Crippen molar-refractivity contribution >= 4 is 11.9 Å². The Hall–Kier alpha value is -3.35. The first kappa shape index (κ1) is 21.4. The molecule has 0 saturated carbocycles. The SMILES string of the molecule is C=CCOC(=O)C1=C(C)N(Cc2cc(F)cc(F)c2)C(=O)C[C@H]1c1cccc(F)c1. The molecule has 1 heterocycles. The van der Waals surface area contributed by atoms with Crippen molar-refractivity contribution < 1.29 is 27.5 Å². The molecule has 0 bridgehead atoms. The van der Waals surface area contributed by atoms with E-state index in [9.17, 15) is 22.8 Å². The predicted molar refractivity (Wildman–Crippen MR) is 105 cm³/mol. The third-order valence-corrected chi connectivity index (χ3v) is 4.89. The van der Waals surface area contributed by atoms with Crippen LogP contribution in [0.1, 0.15) is 30.4 Å². The van der Waals surface area contributed by atoms with Crippen molar-refractivity contribution in [3.8, 4) is 0 Å². The zero-order chi connectivity index (χ0) is 21.8. The number of amides is 1. The van der Waals surface area contributed by atoms with Gasteiger partial charge in [-0.2, -0.15) is 0 Å². The summed E-state index contributed by atoms with van der Waals surface area (Å²) in [6.07, 6.45) is 1.30. The third kappa shape index (κ3) is 4.62. The fraction of sp³-hybridized carbons (Fsp3) is 0.217. The summed E-state index contributed by atoms with van der Waals surface area (Å²) in [5, 5.41) is 0. The lowest BCUT2D eigenvalue weighted by molar-refractivity contribution is -0.139. The van der Waals surface area contributed by atoms with Crippen LogP contribution in [0.5, 0.6) is 0 Å². The molecule has 0 aromatic heterocycles. The number of carbonyl (C=O) groups excluding carboxylic acids is 2. The molecule has 0 unspecified atom stereocenters. The predicted octanol–water partition coefficient (Wildman–Crippen LogP) is 4.62. The molecule has 0 fully saturated rings. The monoisotopic (exact) mass is 415 g/mol. The van der Waals surface area contributed by atoms with Crippen LogP contribution in [0.15, 0.2) is 66.4 Å². The van der Waals surface area contributed by atoms with Crippen LogP contribution in [0.25, 0.3) is 0 Å². The summed E-state index contributed by atoms with van der Waals surface area (Å²) in [6.45, 7) is 4.91. The molecule has 2 aromatic rings. The molecule has 1 amide bonds. The Balaban J connectivity index is 2.04. The van der Waals surface area contributed by atoms with Crippen LogP contribution in [-0.2, 0) is 20.9 Å². The van der Waals surface area contributed by atoms with Crippen molar-refractivity contribution in [3.63, 3.8) is 0 Å². The summed E-state index contributed by atoms with van der Waals surface area (Å²) in [4.78, 5) is 26.9. The lowest BCUT2D eigenvalue weighted by atomic mass is 9.83. The molecular formula is C23H20F3NO3. The zero-order valence-corrected chi connectivity index (χ0v) is 16.3. The van der Waals surface area contributed by atoms with Crippen molar-refractivity contribution in [3.05, 3.63) is 95.0 Å². The minimum absolute atomic E-state index is 0.0332. The van der Waals surface area contributed by atoms with Crippen LogP contribution in [0, 0.1) is 17.5 Å². The van der Waals surface area contributed by atoms with E-state index < -0.39 is 29.3 Å². The Morgan fingerprint density at radius 3 is 2.50 bits per heavy atom. The van der Waals surface area contributed by atoms with Gasteiger partial charge < -0.3 is 9.64 Å². The van der Waals surface area contributed by atoms with Gasteiger partial charge in [0.15, 0.2) is 0 Å².